The van der Waals surface area contributed by atoms with Crippen LogP contribution in [0.4, 0.5) is 5.00 Å². The summed E-state index contributed by atoms with van der Waals surface area (Å²) in [5.74, 6) is 0.0818. The minimum absolute atomic E-state index is 0.0818. The summed E-state index contributed by atoms with van der Waals surface area (Å²) >= 11 is 1.62. The molecule has 7 heteroatoms. The van der Waals surface area contributed by atoms with Crippen LogP contribution in [-0.4, -0.2) is 48.4 Å². The number of amides is 1. The molecule has 2 aliphatic rings. The Morgan fingerprint density at radius 2 is 2.04 bits per heavy atom. The van der Waals surface area contributed by atoms with Crippen molar-refractivity contribution < 1.29 is 9.53 Å². The molecule has 0 unspecified atom stereocenters. The van der Waals surface area contributed by atoms with Crippen LogP contribution in [0, 0.1) is 13.8 Å². The fourth-order valence-electron chi connectivity index (χ4n) is 4.22. The molecular weight excluding hydrogens is 372 g/mol. The quantitative estimate of drug-likeness (QED) is 0.802. The lowest BCUT2D eigenvalue weighted by atomic mass is 9.95. The third-order valence-corrected chi connectivity index (χ3v) is 7.13. The van der Waals surface area contributed by atoms with E-state index < -0.39 is 0 Å². The Labute approximate surface area is 170 Å². The normalized spacial score (nSPS) is 18.4. The minimum atomic E-state index is 0.0818. The van der Waals surface area contributed by atoms with E-state index in [1.165, 1.54) is 35.4 Å². The van der Waals surface area contributed by atoms with Gasteiger partial charge in [-0.05, 0) is 38.3 Å². The van der Waals surface area contributed by atoms with Gasteiger partial charge in [0.2, 0.25) is 0 Å². The number of carbonyl (C=O) groups is 1. The standard InChI is InChI=1S/C21H30N4O2S/c1-14-18(15(2)24-23-14)12-16-13-19(20(26)22-17-6-4-3-5-7-17)28-21(16)25-8-10-27-11-9-25/h13,17H,3-12H2,1-2H3,(H,22,26)(H,23,24). The zero-order valence-corrected chi connectivity index (χ0v) is 17.7. The van der Waals surface area contributed by atoms with Gasteiger partial charge in [-0.25, -0.2) is 0 Å². The fraction of sp³-hybridized carbons (Fsp3) is 0.619. The Bertz CT molecular complexity index is 797. The lowest BCUT2D eigenvalue weighted by Gasteiger charge is -2.28. The van der Waals surface area contributed by atoms with Crippen LogP contribution in [0.3, 0.4) is 0 Å². The molecule has 6 nitrogen and oxygen atoms in total. The number of anilines is 1. The van der Waals surface area contributed by atoms with Crippen molar-refractivity contribution in [3.8, 4) is 0 Å². The Hall–Kier alpha value is -1.86. The number of hydrogen-bond donors (Lipinski definition) is 2. The summed E-state index contributed by atoms with van der Waals surface area (Å²) in [6.45, 7) is 7.33. The van der Waals surface area contributed by atoms with Crippen LogP contribution in [0.1, 0.15) is 64.3 Å². The van der Waals surface area contributed by atoms with Crippen LogP contribution in [-0.2, 0) is 11.2 Å². The number of thiophene rings is 1. The summed E-state index contributed by atoms with van der Waals surface area (Å²) in [7, 11) is 0. The van der Waals surface area contributed by atoms with Crippen molar-refractivity contribution in [2.75, 3.05) is 31.2 Å². The van der Waals surface area contributed by atoms with Crippen molar-refractivity contribution in [1.29, 1.82) is 0 Å². The van der Waals surface area contributed by atoms with Gasteiger partial charge >= 0.3 is 0 Å². The fourth-order valence-corrected chi connectivity index (χ4v) is 5.36. The molecule has 4 rings (SSSR count). The molecule has 0 aromatic carbocycles. The number of carbonyl (C=O) groups excluding carboxylic acids is 1. The van der Waals surface area contributed by atoms with E-state index >= 15 is 0 Å². The van der Waals surface area contributed by atoms with E-state index in [0.29, 0.717) is 6.04 Å². The molecule has 0 spiro atoms. The third kappa shape index (κ3) is 4.25. The molecule has 0 radical (unpaired) electrons. The first kappa shape index (κ1) is 19.5. The molecule has 1 amide bonds. The molecule has 152 valence electrons. The second kappa shape index (κ2) is 8.66. The molecule has 1 aliphatic heterocycles. The van der Waals surface area contributed by atoms with Crippen molar-refractivity contribution in [2.45, 2.75) is 58.4 Å². The van der Waals surface area contributed by atoms with Crippen molar-refractivity contribution >= 4 is 22.2 Å². The minimum Gasteiger partial charge on any atom is -0.378 e. The summed E-state index contributed by atoms with van der Waals surface area (Å²) < 4.78 is 5.53. The van der Waals surface area contributed by atoms with E-state index in [1.54, 1.807) is 11.3 Å². The Morgan fingerprint density at radius 1 is 1.29 bits per heavy atom. The molecule has 1 aliphatic carbocycles. The Morgan fingerprint density at radius 3 is 2.71 bits per heavy atom. The van der Waals surface area contributed by atoms with Crippen LogP contribution in [0.2, 0.25) is 0 Å². The molecule has 0 bridgehead atoms. The zero-order chi connectivity index (χ0) is 19.5. The van der Waals surface area contributed by atoms with Gasteiger partial charge < -0.3 is 15.0 Å². The molecule has 2 aromatic heterocycles. The number of nitrogens with zero attached hydrogens (tertiary/aromatic N) is 2. The molecule has 28 heavy (non-hydrogen) atoms. The Kier molecular flexibility index (Phi) is 6.01. The summed E-state index contributed by atoms with van der Waals surface area (Å²) in [5, 5.41) is 11.9. The zero-order valence-electron chi connectivity index (χ0n) is 16.8. The number of ether oxygens (including phenoxy) is 1. The summed E-state index contributed by atoms with van der Waals surface area (Å²) in [6, 6.07) is 2.43. The van der Waals surface area contributed by atoms with Gasteiger partial charge in [0.15, 0.2) is 0 Å². The summed E-state index contributed by atoms with van der Waals surface area (Å²) in [6.07, 6.45) is 6.74. The highest BCUT2D eigenvalue weighted by Gasteiger charge is 2.24. The number of aromatic nitrogens is 2. The average molecular weight is 403 g/mol. The molecule has 2 aromatic rings. The summed E-state index contributed by atoms with van der Waals surface area (Å²) in [4.78, 5) is 16.1. The predicted octanol–water partition coefficient (Wildman–Crippen LogP) is 3.58. The molecule has 2 N–H and O–H groups in total. The summed E-state index contributed by atoms with van der Waals surface area (Å²) in [5.41, 5.74) is 4.58. The topological polar surface area (TPSA) is 70.2 Å². The van der Waals surface area contributed by atoms with Gasteiger partial charge in [0.1, 0.15) is 0 Å². The number of aryl methyl sites for hydroxylation is 2. The number of nitrogens with one attached hydrogen (secondary N) is 2. The van der Waals surface area contributed by atoms with Crippen LogP contribution in [0.25, 0.3) is 0 Å². The largest absolute Gasteiger partial charge is 0.378 e. The van der Waals surface area contributed by atoms with Crippen molar-refractivity contribution in [3.05, 3.63) is 33.5 Å². The highest BCUT2D eigenvalue weighted by Crippen LogP contribution is 2.35. The molecule has 1 saturated heterocycles. The van der Waals surface area contributed by atoms with Gasteiger partial charge in [-0.3, -0.25) is 9.89 Å². The second-order valence-electron chi connectivity index (χ2n) is 7.94. The van der Waals surface area contributed by atoms with E-state index in [-0.39, 0.29) is 5.91 Å². The SMILES string of the molecule is Cc1n[nH]c(C)c1Cc1cc(C(=O)NC2CCCCC2)sc1N1CCOCC1. The monoisotopic (exact) mass is 402 g/mol. The van der Waals surface area contributed by atoms with Gasteiger partial charge in [0, 0.05) is 36.8 Å². The van der Waals surface area contributed by atoms with E-state index in [0.717, 1.165) is 61.8 Å². The van der Waals surface area contributed by atoms with Crippen LogP contribution >= 0.6 is 11.3 Å². The highest BCUT2D eigenvalue weighted by molar-refractivity contribution is 7.18. The van der Waals surface area contributed by atoms with Gasteiger partial charge in [-0.1, -0.05) is 19.3 Å². The molecule has 1 saturated carbocycles. The maximum absolute atomic E-state index is 12.9. The lowest BCUT2D eigenvalue weighted by Crippen LogP contribution is -2.36. The first-order valence-electron chi connectivity index (χ1n) is 10.4. The number of rotatable bonds is 5. The second-order valence-corrected chi connectivity index (χ2v) is 8.97. The molecule has 2 fully saturated rings. The van der Waals surface area contributed by atoms with Gasteiger partial charge in [0.25, 0.3) is 5.91 Å². The third-order valence-electron chi connectivity index (χ3n) is 5.90. The van der Waals surface area contributed by atoms with E-state index in [2.05, 4.69) is 33.4 Å². The molecule has 0 atom stereocenters. The van der Waals surface area contributed by atoms with Gasteiger partial charge in [-0.2, -0.15) is 5.10 Å². The van der Waals surface area contributed by atoms with Crippen LogP contribution in [0.15, 0.2) is 6.07 Å². The molecule has 3 heterocycles. The highest BCUT2D eigenvalue weighted by atomic mass is 32.1. The first-order valence-corrected chi connectivity index (χ1v) is 11.2. The average Bonchev–Trinajstić information content (AvgIpc) is 3.28. The lowest BCUT2D eigenvalue weighted by molar-refractivity contribution is 0.0932. The van der Waals surface area contributed by atoms with Crippen LogP contribution in [0.5, 0.6) is 0 Å². The van der Waals surface area contributed by atoms with E-state index in [1.807, 2.05) is 6.92 Å². The predicted molar refractivity (Wildman–Crippen MR) is 113 cm³/mol. The van der Waals surface area contributed by atoms with Crippen molar-refractivity contribution in [1.82, 2.24) is 15.5 Å². The van der Waals surface area contributed by atoms with Crippen molar-refractivity contribution in [3.63, 3.8) is 0 Å². The number of aromatic amines is 1. The number of morpholine rings is 1. The van der Waals surface area contributed by atoms with Gasteiger partial charge in [-0.15, -0.1) is 11.3 Å². The van der Waals surface area contributed by atoms with E-state index in [4.69, 9.17) is 4.74 Å². The smallest absolute Gasteiger partial charge is 0.261 e. The van der Waals surface area contributed by atoms with E-state index in [9.17, 15) is 4.79 Å². The maximum Gasteiger partial charge on any atom is 0.261 e. The Balaban J connectivity index is 1.58. The first-order chi connectivity index (χ1) is 13.6. The number of H-pyrrole nitrogens is 1. The van der Waals surface area contributed by atoms with Gasteiger partial charge in [0.05, 0.1) is 28.8 Å². The molecular formula is C21H30N4O2S. The maximum atomic E-state index is 12.9. The van der Waals surface area contributed by atoms with Crippen molar-refractivity contribution in [2.24, 2.45) is 0 Å². The number of hydrogen-bond acceptors (Lipinski definition) is 5. The van der Waals surface area contributed by atoms with Crippen LogP contribution < -0.4 is 10.2 Å².